The van der Waals surface area contributed by atoms with E-state index in [9.17, 15) is 0 Å². The van der Waals surface area contributed by atoms with E-state index in [0.717, 1.165) is 33.1 Å². The fourth-order valence-corrected chi connectivity index (χ4v) is 11.2. The molecule has 2 heteroatoms. The molecule has 2 nitrogen and oxygen atoms in total. The lowest BCUT2D eigenvalue weighted by atomic mass is 9.82. The van der Waals surface area contributed by atoms with Crippen molar-refractivity contribution in [3.63, 3.8) is 0 Å². The van der Waals surface area contributed by atoms with Crippen LogP contribution in [0.4, 0.5) is 0 Å². The van der Waals surface area contributed by atoms with Gasteiger partial charge in [0.15, 0.2) is 0 Å². The molecule has 0 saturated heterocycles. The highest BCUT2D eigenvalue weighted by atomic mass is 16.3. The van der Waals surface area contributed by atoms with Crippen LogP contribution in [0.3, 0.4) is 0 Å². The van der Waals surface area contributed by atoms with Gasteiger partial charge in [-0.3, -0.25) is 0 Å². The van der Waals surface area contributed by atoms with Crippen molar-refractivity contribution in [1.82, 2.24) is 0 Å². The summed E-state index contributed by atoms with van der Waals surface area (Å²) in [5.41, 5.74) is 19.1. The van der Waals surface area contributed by atoms with Crippen LogP contribution in [0.2, 0.25) is 0 Å². The van der Waals surface area contributed by atoms with Crippen molar-refractivity contribution in [2.75, 3.05) is 0 Å². The van der Waals surface area contributed by atoms with Gasteiger partial charge in [0.1, 0.15) is 22.3 Å². The van der Waals surface area contributed by atoms with Gasteiger partial charge in [-0.25, -0.2) is 0 Å². The first kappa shape index (κ1) is 32.2. The Morgan fingerprint density at radius 2 is 0.672 bits per heavy atom. The van der Waals surface area contributed by atoms with E-state index in [0.29, 0.717) is 0 Å². The van der Waals surface area contributed by atoms with Crippen molar-refractivity contribution in [3.05, 3.63) is 180 Å². The molecular formula is C56H38O2. The molecule has 0 N–H and O–H groups in total. The molecule has 11 aromatic rings. The fourth-order valence-electron chi connectivity index (χ4n) is 11.2. The molecule has 0 spiro atoms. The van der Waals surface area contributed by atoms with E-state index >= 15 is 0 Å². The van der Waals surface area contributed by atoms with Crippen LogP contribution in [0.25, 0.3) is 110 Å². The molecule has 2 heterocycles. The summed E-state index contributed by atoms with van der Waals surface area (Å²) in [5, 5.41) is 9.64. The Morgan fingerprint density at radius 3 is 1.09 bits per heavy atom. The topological polar surface area (TPSA) is 26.3 Å². The van der Waals surface area contributed by atoms with Crippen molar-refractivity contribution < 1.29 is 8.83 Å². The highest BCUT2D eigenvalue weighted by molar-refractivity contribution is 6.24. The molecule has 0 unspecified atom stereocenters. The average molecular weight is 743 g/mol. The standard InChI is InChI=1S/C56H38O2/c1-55(2)41-19-11-9-17-37(41)51-43(55)23-27-47-53(51)39-29-31(21-25-45(39)57-47)49-33-13-5-7-15-35(33)50(36-16-8-6-14-34(36)49)32-22-26-46-40(30-32)54-48(58-46)28-24-44-52(54)38-18-10-12-20-42(38)56(44,3)4/h5-30H,1-4H3. The fraction of sp³-hybridized carbons (Fsp3) is 0.107. The molecule has 0 amide bonds. The van der Waals surface area contributed by atoms with E-state index < -0.39 is 0 Å². The molecule has 2 aliphatic carbocycles. The third-order valence-corrected chi connectivity index (χ3v) is 13.9. The largest absolute Gasteiger partial charge is 0.456 e. The first-order chi connectivity index (χ1) is 28.3. The smallest absolute Gasteiger partial charge is 0.136 e. The maximum Gasteiger partial charge on any atom is 0.136 e. The zero-order valence-electron chi connectivity index (χ0n) is 32.8. The predicted molar refractivity (Wildman–Crippen MR) is 242 cm³/mol. The van der Waals surface area contributed by atoms with Gasteiger partial charge in [-0.1, -0.05) is 149 Å². The molecule has 2 aromatic heterocycles. The van der Waals surface area contributed by atoms with Crippen LogP contribution >= 0.6 is 0 Å². The highest BCUT2D eigenvalue weighted by Crippen LogP contribution is 2.55. The van der Waals surface area contributed by atoms with Gasteiger partial charge in [0.2, 0.25) is 0 Å². The van der Waals surface area contributed by atoms with Crippen LogP contribution in [-0.2, 0) is 10.8 Å². The molecule has 0 atom stereocenters. The Morgan fingerprint density at radius 1 is 0.310 bits per heavy atom. The lowest BCUT2D eigenvalue weighted by Gasteiger charge is -2.21. The zero-order valence-corrected chi connectivity index (χ0v) is 32.8. The molecule has 0 saturated carbocycles. The molecule has 58 heavy (non-hydrogen) atoms. The molecule has 0 radical (unpaired) electrons. The molecule has 0 bridgehead atoms. The van der Waals surface area contributed by atoms with E-state index in [4.69, 9.17) is 8.83 Å². The van der Waals surface area contributed by atoms with E-state index in [1.807, 2.05) is 0 Å². The first-order valence-electron chi connectivity index (χ1n) is 20.4. The van der Waals surface area contributed by atoms with Crippen LogP contribution < -0.4 is 0 Å². The number of rotatable bonds is 2. The number of hydrogen-bond acceptors (Lipinski definition) is 2. The molecule has 274 valence electrons. The minimum absolute atomic E-state index is 0.0869. The van der Waals surface area contributed by atoms with E-state index in [1.165, 1.54) is 99.1 Å². The van der Waals surface area contributed by atoms with Gasteiger partial charge in [-0.05, 0) is 125 Å². The Hall–Kier alpha value is -6.90. The predicted octanol–water partition coefficient (Wildman–Crippen LogP) is 15.7. The maximum absolute atomic E-state index is 6.61. The van der Waals surface area contributed by atoms with E-state index in [2.05, 4.69) is 185 Å². The number of hydrogen-bond donors (Lipinski definition) is 0. The minimum atomic E-state index is -0.0869. The molecule has 2 aliphatic rings. The third kappa shape index (κ3) is 3.97. The van der Waals surface area contributed by atoms with Gasteiger partial charge < -0.3 is 8.83 Å². The Labute approximate surface area is 336 Å². The number of benzene rings is 9. The summed E-state index contributed by atoms with van der Waals surface area (Å²) in [7, 11) is 0. The maximum atomic E-state index is 6.61. The first-order valence-corrected chi connectivity index (χ1v) is 20.4. The highest BCUT2D eigenvalue weighted by Gasteiger charge is 2.38. The van der Waals surface area contributed by atoms with Gasteiger partial charge in [-0.15, -0.1) is 0 Å². The van der Waals surface area contributed by atoms with Gasteiger partial charge in [0.05, 0.1) is 0 Å². The van der Waals surface area contributed by atoms with Gasteiger partial charge in [0.25, 0.3) is 0 Å². The van der Waals surface area contributed by atoms with Crippen molar-refractivity contribution >= 4 is 65.4 Å². The summed E-state index contributed by atoms with van der Waals surface area (Å²) >= 11 is 0. The summed E-state index contributed by atoms with van der Waals surface area (Å²) in [5.74, 6) is 0. The molecule has 0 aliphatic heterocycles. The van der Waals surface area contributed by atoms with Gasteiger partial charge in [-0.2, -0.15) is 0 Å². The van der Waals surface area contributed by atoms with Gasteiger partial charge >= 0.3 is 0 Å². The number of furan rings is 2. The summed E-state index contributed by atoms with van der Waals surface area (Å²) in [6, 6.07) is 58.2. The Bertz CT molecular complexity index is 3330. The summed E-state index contributed by atoms with van der Waals surface area (Å²) in [6.45, 7) is 9.37. The second-order valence-electron chi connectivity index (χ2n) is 17.5. The van der Waals surface area contributed by atoms with Crippen molar-refractivity contribution in [2.45, 2.75) is 38.5 Å². The monoisotopic (exact) mass is 742 g/mol. The van der Waals surface area contributed by atoms with E-state index in [1.54, 1.807) is 0 Å². The van der Waals surface area contributed by atoms with Crippen molar-refractivity contribution in [2.24, 2.45) is 0 Å². The average Bonchev–Trinajstić information content (AvgIpc) is 3.94. The zero-order chi connectivity index (χ0) is 38.7. The third-order valence-electron chi connectivity index (χ3n) is 13.9. The summed E-state index contributed by atoms with van der Waals surface area (Å²) < 4.78 is 13.2. The molecular weight excluding hydrogens is 705 g/mol. The second kappa shape index (κ2) is 10.9. The molecule has 0 fully saturated rings. The lowest BCUT2D eigenvalue weighted by Crippen LogP contribution is -2.14. The van der Waals surface area contributed by atoms with Crippen LogP contribution in [0, 0.1) is 0 Å². The number of fused-ring (bicyclic) bond motifs is 16. The minimum Gasteiger partial charge on any atom is -0.456 e. The lowest BCUT2D eigenvalue weighted by molar-refractivity contribution is 0.656. The van der Waals surface area contributed by atoms with Crippen molar-refractivity contribution in [1.29, 1.82) is 0 Å². The molecule has 13 rings (SSSR count). The summed E-state index contributed by atoms with van der Waals surface area (Å²) in [4.78, 5) is 0. The normalized spacial score (nSPS) is 14.8. The molecule has 9 aromatic carbocycles. The van der Waals surface area contributed by atoms with Crippen LogP contribution in [0.15, 0.2) is 167 Å². The SMILES string of the molecule is CC1(C)c2ccccc2-c2c1ccc1oc3ccc(-c4c5ccccc5c(-c5ccc6oc7ccc8c(c7c6c5)-c5ccccc5C8(C)C)c5ccccc45)cc3c21. The Balaban J connectivity index is 1.07. The van der Waals surface area contributed by atoms with Crippen LogP contribution in [-0.4, -0.2) is 0 Å². The van der Waals surface area contributed by atoms with Gasteiger partial charge in [0, 0.05) is 32.4 Å². The van der Waals surface area contributed by atoms with Crippen LogP contribution in [0.5, 0.6) is 0 Å². The second-order valence-corrected chi connectivity index (χ2v) is 17.5. The Kier molecular flexibility index (Phi) is 6.07. The van der Waals surface area contributed by atoms with E-state index in [-0.39, 0.29) is 10.8 Å². The van der Waals surface area contributed by atoms with Crippen molar-refractivity contribution in [3.8, 4) is 44.5 Å². The quantitative estimate of drug-likeness (QED) is 0.165. The van der Waals surface area contributed by atoms with Crippen LogP contribution in [0.1, 0.15) is 49.9 Å². The summed E-state index contributed by atoms with van der Waals surface area (Å²) in [6.07, 6.45) is 0.